The van der Waals surface area contributed by atoms with Gasteiger partial charge in [-0.15, -0.1) is 11.3 Å². The summed E-state index contributed by atoms with van der Waals surface area (Å²) < 4.78 is 7.84. The predicted octanol–water partition coefficient (Wildman–Crippen LogP) is 5.01. The largest absolute Gasteiger partial charge is 0.496 e. The molecule has 1 aliphatic rings. The first kappa shape index (κ1) is 23.7. The molecule has 178 valence electrons. The first-order valence-corrected chi connectivity index (χ1v) is 13.2. The van der Waals surface area contributed by atoms with Crippen molar-refractivity contribution in [3.63, 3.8) is 0 Å². The quantitative estimate of drug-likeness (QED) is 0.199. The van der Waals surface area contributed by atoms with Gasteiger partial charge in [-0.05, 0) is 109 Å². The topological polar surface area (TPSA) is 85.6 Å². The van der Waals surface area contributed by atoms with Crippen molar-refractivity contribution in [1.29, 1.82) is 0 Å². The fourth-order valence-corrected chi connectivity index (χ4v) is 6.42. The lowest BCUT2D eigenvalue weighted by Gasteiger charge is -2.12. The van der Waals surface area contributed by atoms with Crippen LogP contribution < -0.4 is 15.7 Å². The van der Waals surface area contributed by atoms with E-state index in [9.17, 15) is 9.59 Å². The number of carbonyl (C=O) groups excluding carboxylic acids is 1. The SMILES string of the molecule is COc1ccc(/C=N\NC(=O)c2ccc(-n3c(C)nc4sc5c(c4c3=O)CCCC5)cc2)cc1I. The van der Waals surface area contributed by atoms with Crippen molar-refractivity contribution in [1.82, 2.24) is 15.0 Å². The molecule has 0 atom stereocenters. The van der Waals surface area contributed by atoms with Gasteiger partial charge in [0, 0.05) is 10.4 Å². The molecule has 0 saturated heterocycles. The predicted molar refractivity (Wildman–Crippen MR) is 147 cm³/mol. The number of thiophene rings is 1. The molecule has 9 heteroatoms. The summed E-state index contributed by atoms with van der Waals surface area (Å²) in [6.45, 7) is 1.84. The Balaban J connectivity index is 1.36. The van der Waals surface area contributed by atoms with E-state index in [1.54, 1.807) is 53.5 Å². The monoisotopic (exact) mass is 598 g/mol. The summed E-state index contributed by atoms with van der Waals surface area (Å²) in [6.07, 6.45) is 5.82. The number of hydrogen-bond donors (Lipinski definition) is 1. The van der Waals surface area contributed by atoms with Crippen LogP contribution in [-0.2, 0) is 12.8 Å². The molecule has 2 heterocycles. The molecule has 0 aliphatic heterocycles. The van der Waals surface area contributed by atoms with Gasteiger partial charge in [-0.25, -0.2) is 10.4 Å². The number of nitrogens with one attached hydrogen (secondary N) is 1. The van der Waals surface area contributed by atoms with E-state index < -0.39 is 0 Å². The first-order valence-electron chi connectivity index (χ1n) is 11.3. The molecule has 35 heavy (non-hydrogen) atoms. The number of fused-ring (bicyclic) bond motifs is 3. The Bertz CT molecular complexity index is 1520. The van der Waals surface area contributed by atoms with E-state index >= 15 is 0 Å². The van der Waals surface area contributed by atoms with Crippen LogP contribution in [0.1, 0.15) is 45.0 Å². The van der Waals surface area contributed by atoms with E-state index in [0.717, 1.165) is 44.4 Å². The average Bonchev–Trinajstić information content (AvgIpc) is 3.23. The van der Waals surface area contributed by atoms with Gasteiger partial charge in [0.1, 0.15) is 16.4 Å². The van der Waals surface area contributed by atoms with E-state index in [0.29, 0.717) is 17.1 Å². The second kappa shape index (κ2) is 9.90. The third kappa shape index (κ3) is 4.62. The molecule has 1 amide bonds. The number of nitrogens with zero attached hydrogens (tertiary/aromatic N) is 3. The molecule has 0 spiro atoms. The third-order valence-corrected chi connectivity index (χ3v) is 8.13. The van der Waals surface area contributed by atoms with Gasteiger partial charge < -0.3 is 4.74 Å². The third-order valence-electron chi connectivity index (χ3n) is 6.10. The minimum atomic E-state index is -0.333. The summed E-state index contributed by atoms with van der Waals surface area (Å²) in [5.74, 6) is 1.09. The van der Waals surface area contributed by atoms with Gasteiger partial charge in [0.2, 0.25) is 0 Å². The Kier molecular flexibility index (Phi) is 6.70. The average molecular weight is 598 g/mol. The van der Waals surface area contributed by atoms with E-state index in [4.69, 9.17) is 9.72 Å². The second-order valence-corrected chi connectivity index (χ2v) is 10.6. The number of ether oxygens (including phenoxy) is 1. The maximum atomic E-state index is 13.5. The lowest BCUT2D eigenvalue weighted by atomic mass is 9.97. The molecule has 0 radical (unpaired) electrons. The van der Waals surface area contributed by atoms with Crippen LogP contribution in [-0.4, -0.2) is 28.8 Å². The van der Waals surface area contributed by atoms with Gasteiger partial charge in [-0.3, -0.25) is 14.2 Å². The van der Waals surface area contributed by atoms with Crippen molar-refractivity contribution >= 4 is 56.3 Å². The van der Waals surface area contributed by atoms with Gasteiger partial charge in [0.05, 0.1) is 28.0 Å². The van der Waals surface area contributed by atoms with Crippen molar-refractivity contribution < 1.29 is 9.53 Å². The minimum Gasteiger partial charge on any atom is -0.496 e. The first-order chi connectivity index (χ1) is 17.0. The number of rotatable bonds is 5. The molecule has 1 aliphatic carbocycles. The number of hydrogen-bond acceptors (Lipinski definition) is 6. The van der Waals surface area contributed by atoms with Crippen molar-refractivity contribution in [2.24, 2.45) is 5.10 Å². The van der Waals surface area contributed by atoms with Crippen LogP contribution >= 0.6 is 33.9 Å². The summed E-state index contributed by atoms with van der Waals surface area (Å²) in [5, 5.41) is 4.81. The maximum Gasteiger partial charge on any atom is 0.271 e. The van der Waals surface area contributed by atoms with Crippen LogP contribution in [0.2, 0.25) is 0 Å². The number of carbonyl (C=O) groups is 1. The lowest BCUT2D eigenvalue weighted by molar-refractivity contribution is 0.0955. The second-order valence-electron chi connectivity index (χ2n) is 8.33. The molecule has 7 nitrogen and oxygen atoms in total. The minimum absolute atomic E-state index is 0.0391. The Morgan fingerprint density at radius 1 is 1.20 bits per heavy atom. The van der Waals surface area contributed by atoms with Gasteiger partial charge in [-0.2, -0.15) is 5.10 Å². The molecular formula is C26H23IN4O3S. The van der Waals surface area contributed by atoms with Gasteiger partial charge >= 0.3 is 0 Å². The van der Waals surface area contributed by atoms with Crippen molar-refractivity contribution in [3.05, 3.63) is 83.8 Å². The number of benzene rings is 2. The van der Waals surface area contributed by atoms with Gasteiger partial charge in [0.25, 0.3) is 11.5 Å². The van der Waals surface area contributed by atoms with E-state index in [-0.39, 0.29) is 11.5 Å². The molecule has 0 unspecified atom stereocenters. The van der Waals surface area contributed by atoms with E-state index in [1.807, 2.05) is 25.1 Å². The van der Waals surface area contributed by atoms with Crippen LogP contribution in [0.15, 0.2) is 52.4 Å². The molecule has 0 bridgehead atoms. The molecule has 0 fully saturated rings. The molecule has 0 saturated carbocycles. The Hall–Kier alpha value is -3.05. The maximum absolute atomic E-state index is 13.5. The van der Waals surface area contributed by atoms with E-state index in [2.05, 4.69) is 33.1 Å². The normalized spacial score (nSPS) is 13.2. The number of halogens is 1. The van der Waals surface area contributed by atoms with Crippen LogP contribution in [0.5, 0.6) is 5.75 Å². The Labute approximate surface area is 220 Å². The standard InChI is InChI=1S/C26H23IN4O3S/c1-15-29-25-23(19-5-3-4-6-22(19)35-25)26(33)31(15)18-10-8-17(9-11-18)24(32)30-28-14-16-7-12-21(34-2)20(27)13-16/h7-14H,3-6H2,1-2H3,(H,30,32)/b28-14-. The molecular weight excluding hydrogens is 575 g/mol. The highest BCUT2D eigenvalue weighted by molar-refractivity contribution is 14.1. The Morgan fingerprint density at radius 2 is 1.97 bits per heavy atom. The number of methoxy groups -OCH3 is 1. The smallest absolute Gasteiger partial charge is 0.271 e. The zero-order chi connectivity index (χ0) is 24.5. The van der Waals surface area contributed by atoms with Crippen LogP contribution in [0.25, 0.3) is 15.9 Å². The number of amides is 1. The molecule has 5 rings (SSSR count). The highest BCUT2D eigenvalue weighted by Gasteiger charge is 2.21. The summed E-state index contributed by atoms with van der Waals surface area (Å²) in [4.78, 5) is 32.9. The van der Waals surface area contributed by atoms with Crippen molar-refractivity contribution in [2.45, 2.75) is 32.6 Å². The van der Waals surface area contributed by atoms with Crippen LogP contribution in [0.3, 0.4) is 0 Å². The van der Waals surface area contributed by atoms with Gasteiger partial charge in [0.15, 0.2) is 0 Å². The summed E-state index contributed by atoms with van der Waals surface area (Å²) in [6, 6.07) is 12.5. The Morgan fingerprint density at radius 3 is 2.71 bits per heavy atom. The zero-order valence-corrected chi connectivity index (χ0v) is 22.3. The fraction of sp³-hybridized carbons (Fsp3) is 0.231. The number of aromatic nitrogens is 2. The molecule has 2 aromatic carbocycles. The fourth-order valence-electron chi connectivity index (χ4n) is 4.37. The highest BCUT2D eigenvalue weighted by atomic mass is 127. The summed E-state index contributed by atoms with van der Waals surface area (Å²) in [7, 11) is 1.62. The number of hydrazone groups is 1. The van der Waals surface area contributed by atoms with Crippen molar-refractivity contribution in [3.8, 4) is 11.4 Å². The zero-order valence-electron chi connectivity index (χ0n) is 19.3. The lowest BCUT2D eigenvalue weighted by Crippen LogP contribution is -2.23. The van der Waals surface area contributed by atoms with Crippen LogP contribution in [0.4, 0.5) is 0 Å². The van der Waals surface area contributed by atoms with E-state index in [1.165, 1.54) is 16.9 Å². The van der Waals surface area contributed by atoms with Crippen LogP contribution in [0, 0.1) is 10.5 Å². The summed E-state index contributed by atoms with van der Waals surface area (Å²) in [5.41, 5.74) is 5.66. The molecule has 4 aromatic rings. The van der Waals surface area contributed by atoms with Crippen molar-refractivity contribution in [2.75, 3.05) is 7.11 Å². The number of aryl methyl sites for hydroxylation is 3. The van der Waals surface area contributed by atoms with Gasteiger partial charge in [-0.1, -0.05) is 0 Å². The summed E-state index contributed by atoms with van der Waals surface area (Å²) >= 11 is 3.83. The highest BCUT2D eigenvalue weighted by Crippen LogP contribution is 2.34. The molecule has 2 aromatic heterocycles. The molecule has 1 N–H and O–H groups in total.